The van der Waals surface area contributed by atoms with Crippen molar-refractivity contribution in [1.29, 1.82) is 0 Å². The summed E-state index contributed by atoms with van der Waals surface area (Å²) in [6.07, 6.45) is 8.35. The van der Waals surface area contributed by atoms with E-state index in [0.717, 1.165) is 18.3 Å². The Morgan fingerprint density at radius 3 is 2.89 bits per heavy atom. The molecule has 1 aromatic rings. The van der Waals surface area contributed by atoms with Crippen molar-refractivity contribution in [3.63, 3.8) is 0 Å². The van der Waals surface area contributed by atoms with Crippen LogP contribution in [0.5, 0.6) is 0 Å². The van der Waals surface area contributed by atoms with Crippen LogP contribution >= 0.6 is 0 Å². The van der Waals surface area contributed by atoms with E-state index in [9.17, 15) is 0 Å². The maximum atomic E-state index is 5.70. The summed E-state index contributed by atoms with van der Waals surface area (Å²) in [6.45, 7) is 2.92. The van der Waals surface area contributed by atoms with Crippen LogP contribution in [0.2, 0.25) is 0 Å². The van der Waals surface area contributed by atoms with E-state index in [0.29, 0.717) is 19.8 Å². The number of nitrogens with zero attached hydrogens (tertiary/aromatic N) is 3. The SMILES string of the molecule is c1nc([C@H]2COCCO2)n(CC2CCCCC2)n1. The Labute approximate surface area is 107 Å². The Hall–Kier alpha value is -0.940. The van der Waals surface area contributed by atoms with Crippen molar-refractivity contribution in [1.82, 2.24) is 14.8 Å². The molecule has 1 saturated heterocycles. The van der Waals surface area contributed by atoms with Gasteiger partial charge in [-0.3, -0.25) is 0 Å². The lowest BCUT2D eigenvalue weighted by atomic mass is 9.89. The van der Waals surface area contributed by atoms with E-state index in [1.54, 1.807) is 6.33 Å². The predicted molar refractivity (Wildman–Crippen MR) is 66.1 cm³/mol. The van der Waals surface area contributed by atoms with Crippen LogP contribution in [0.25, 0.3) is 0 Å². The summed E-state index contributed by atoms with van der Waals surface area (Å²) in [5.74, 6) is 1.68. The minimum Gasteiger partial charge on any atom is -0.376 e. The molecule has 2 heterocycles. The molecule has 2 aliphatic rings. The van der Waals surface area contributed by atoms with Gasteiger partial charge in [-0.05, 0) is 18.8 Å². The zero-order valence-electron chi connectivity index (χ0n) is 10.8. The first-order valence-electron chi connectivity index (χ1n) is 7.00. The fourth-order valence-corrected chi connectivity index (χ4v) is 2.91. The molecule has 1 saturated carbocycles. The van der Waals surface area contributed by atoms with Gasteiger partial charge in [0.1, 0.15) is 12.4 Å². The van der Waals surface area contributed by atoms with Gasteiger partial charge in [0.05, 0.1) is 19.8 Å². The summed E-state index contributed by atoms with van der Waals surface area (Å²) in [5.41, 5.74) is 0. The third-order valence-corrected chi connectivity index (χ3v) is 3.91. The number of hydrogen-bond acceptors (Lipinski definition) is 4. The smallest absolute Gasteiger partial charge is 0.158 e. The molecule has 0 N–H and O–H groups in total. The Kier molecular flexibility index (Phi) is 3.90. The maximum Gasteiger partial charge on any atom is 0.158 e. The molecule has 5 nitrogen and oxygen atoms in total. The molecular formula is C13H21N3O2. The Morgan fingerprint density at radius 1 is 1.22 bits per heavy atom. The standard InChI is InChI=1S/C13H21N3O2/c1-2-4-11(5-3-1)8-16-13(14-10-15-16)12-9-17-6-7-18-12/h10-12H,1-9H2/t12-/m1/s1. The zero-order chi connectivity index (χ0) is 12.2. The molecule has 3 rings (SSSR count). The van der Waals surface area contributed by atoms with Crippen LogP contribution in [-0.2, 0) is 16.0 Å². The van der Waals surface area contributed by atoms with Gasteiger partial charge in [0.2, 0.25) is 0 Å². The molecule has 1 aromatic heterocycles. The molecule has 2 fully saturated rings. The second kappa shape index (κ2) is 5.80. The van der Waals surface area contributed by atoms with Gasteiger partial charge >= 0.3 is 0 Å². The molecule has 1 aliphatic heterocycles. The normalized spacial score (nSPS) is 26.3. The van der Waals surface area contributed by atoms with Gasteiger partial charge in [0, 0.05) is 6.54 Å². The molecule has 1 aliphatic carbocycles. The minimum atomic E-state index is -0.0372. The van der Waals surface area contributed by atoms with Crippen LogP contribution in [0.4, 0.5) is 0 Å². The Balaban J connectivity index is 1.66. The molecule has 18 heavy (non-hydrogen) atoms. The number of hydrogen-bond donors (Lipinski definition) is 0. The summed E-state index contributed by atoms with van der Waals surface area (Å²) in [5, 5.41) is 4.36. The van der Waals surface area contributed by atoms with Crippen molar-refractivity contribution in [3.05, 3.63) is 12.2 Å². The molecule has 5 heteroatoms. The number of ether oxygens (including phenoxy) is 2. The van der Waals surface area contributed by atoms with Crippen LogP contribution in [0.3, 0.4) is 0 Å². The van der Waals surface area contributed by atoms with Crippen LogP contribution in [-0.4, -0.2) is 34.6 Å². The molecule has 0 amide bonds. The van der Waals surface area contributed by atoms with Crippen LogP contribution in [0.1, 0.15) is 44.0 Å². The average molecular weight is 251 g/mol. The largest absolute Gasteiger partial charge is 0.376 e. The van der Waals surface area contributed by atoms with Gasteiger partial charge in [-0.15, -0.1) is 0 Å². The van der Waals surface area contributed by atoms with Gasteiger partial charge < -0.3 is 9.47 Å². The van der Waals surface area contributed by atoms with Crippen molar-refractivity contribution in [2.24, 2.45) is 5.92 Å². The summed E-state index contributed by atoms with van der Waals surface area (Å²) < 4.78 is 13.2. The number of aromatic nitrogens is 3. The van der Waals surface area contributed by atoms with Crippen molar-refractivity contribution in [2.75, 3.05) is 19.8 Å². The highest BCUT2D eigenvalue weighted by Gasteiger charge is 2.23. The van der Waals surface area contributed by atoms with Crippen LogP contribution in [0, 0.1) is 5.92 Å². The van der Waals surface area contributed by atoms with Crippen LogP contribution in [0.15, 0.2) is 6.33 Å². The molecular weight excluding hydrogens is 230 g/mol. The van der Waals surface area contributed by atoms with E-state index >= 15 is 0 Å². The average Bonchev–Trinajstić information content (AvgIpc) is 2.89. The van der Waals surface area contributed by atoms with Crippen molar-refractivity contribution >= 4 is 0 Å². The molecule has 0 unspecified atom stereocenters. The van der Waals surface area contributed by atoms with E-state index in [2.05, 4.69) is 10.1 Å². The topological polar surface area (TPSA) is 49.2 Å². The molecule has 0 spiro atoms. The van der Waals surface area contributed by atoms with Crippen molar-refractivity contribution < 1.29 is 9.47 Å². The summed E-state index contributed by atoms with van der Waals surface area (Å²) in [7, 11) is 0. The van der Waals surface area contributed by atoms with Gasteiger partial charge in [-0.1, -0.05) is 19.3 Å². The Bertz CT molecular complexity index is 368. The van der Waals surface area contributed by atoms with E-state index < -0.39 is 0 Å². The highest BCUT2D eigenvalue weighted by atomic mass is 16.6. The molecule has 100 valence electrons. The highest BCUT2D eigenvalue weighted by Crippen LogP contribution is 2.26. The summed E-state index contributed by atoms with van der Waals surface area (Å²) >= 11 is 0. The van der Waals surface area contributed by atoms with Crippen molar-refractivity contribution in [3.8, 4) is 0 Å². The monoisotopic (exact) mass is 251 g/mol. The predicted octanol–water partition coefficient (Wildman–Crippen LogP) is 1.95. The number of rotatable bonds is 3. The van der Waals surface area contributed by atoms with Gasteiger partial charge in [0.15, 0.2) is 5.82 Å². The first-order chi connectivity index (χ1) is 8.93. The summed E-state index contributed by atoms with van der Waals surface area (Å²) in [6, 6.07) is 0. The third kappa shape index (κ3) is 2.72. The quantitative estimate of drug-likeness (QED) is 0.824. The Morgan fingerprint density at radius 2 is 2.11 bits per heavy atom. The van der Waals surface area contributed by atoms with Crippen molar-refractivity contribution in [2.45, 2.75) is 44.8 Å². The second-order valence-electron chi connectivity index (χ2n) is 5.24. The summed E-state index contributed by atoms with van der Waals surface area (Å²) in [4.78, 5) is 4.35. The van der Waals surface area contributed by atoms with Crippen LogP contribution < -0.4 is 0 Å². The van der Waals surface area contributed by atoms with E-state index in [4.69, 9.17) is 9.47 Å². The van der Waals surface area contributed by atoms with Gasteiger partial charge in [-0.2, -0.15) is 5.10 Å². The first kappa shape index (κ1) is 12.1. The highest BCUT2D eigenvalue weighted by molar-refractivity contribution is 4.92. The lowest BCUT2D eigenvalue weighted by molar-refractivity contribution is -0.0952. The molecule has 0 radical (unpaired) electrons. The maximum absolute atomic E-state index is 5.70. The fourth-order valence-electron chi connectivity index (χ4n) is 2.91. The lowest BCUT2D eigenvalue weighted by Crippen LogP contribution is -2.26. The third-order valence-electron chi connectivity index (χ3n) is 3.91. The van der Waals surface area contributed by atoms with Gasteiger partial charge in [0.25, 0.3) is 0 Å². The molecule has 1 atom stereocenters. The lowest BCUT2D eigenvalue weighted by Gasteiger charge is -2.25. The van der Waals surface area contributed by atoms with E-state index in [1.807, 2.05) is 4.68 Å². The zero-order valence-corrected chi connectivity index (χ0v) is 10.8. The molecule has 0 bridgehead atoms. The van der Waals surface area contributed by atoms with E-state index in [1.165, 1.54) is 32.1 Å². The minimum absolute atomic E-state index is 0.0372. The first-order valence-corrected chi connectivity index (χ1v) is 7.00. The second-order valence-corrected chi connectivity index (χ2v) is 5.24. The van der Waals surface area contributed by atoms with E-state index in [-0.39, 0.29) is 6.10 Å². The fraction of sp³-hybridized carbons (Fsp3) is 0.846. The molecule has 0 aromatic carbocycles. The van der Waals surface area contributed by atoms with Gasteiger partial charge in [-0.25, -0.2) is 9.67 Å².